The number of carbonyl (C=O) groups is 3. The third-order valence-corrected chi connectivity index (χ3v) is 3.10. The lowest BCUT2D eigenvalue weighted by molar-refractivity contribution is -0.145. The van der Waals surface area contributed by atoms with Gasteiger partial charge in [-0.05, 0) is 5.56 Å². The number of benzene rings is 1. The molecule has 0 radical (unpaired) electrons. The van der Waals surface area contributed by atoms with E-state index in [1.54, 1.807) is 0 Å². The number of ether oxygens (including phenoxy) is 1. The van der Waals surface area contributed by atoms with Crippen LogP contribution in [0.15, 0.2) is 30.3 Å². The van der Waals surface area contributed by atoms with E-state index in [-0.39, 0.29) is 12.3 Å². The van der Waals surface area contributed by atoms with E-state index in [0.717, 1.165) is 5.56 Å². The highest BCUT2D eigenvalue weighted by Crippen LogP contribution is 2.05. The number of methoxy groups -OCH3 is 1. The molecule has 6 heteroatoms. The summed E-state index contributed by atoms with van der Waals surface area (Å²) in [5.74, 6) is 0.856. The van der Waals surface area contributed by atoms with Crippen LogP contribution in [0.3, 0.4) is 0 Å². The Kier molecular flexibility index (Phi) is 7.34. The molecule has 1 aromatic rings. The van der Waals surface area contributed by atoms with E-state index in [1.807, 2.05) is 30.3 Å². The fraction of sp³-hybridized carbons (Fsp3) is 0.353. The molecular formula is C17H20N2O4. The predicted molar refractivity (Wildman–Crippen MR) is 85.1 cm³/mol. The molecule has 2 atom stereocenters. The van der Waals surface area contributed by atoms with Crippen molar-refractivity contribution in [2.45, 2.75) is 31.8 Å². The summed E-state index contributed by atoms with van der Waals surface area (Å²) in [4.78, 5) is 35.3. The van der Waals surface area contributed by atoms with Gasteiger partial charge in [-0.1, -0.05) is 30.3 Å². The normalized spacial score (nSPS) is 12.4. The van der Waals surface area contributed by atoms with E-state index in [1.165, 1.54) is 14.0 Å². The number of hydrogen-bond donors (Lipinski definition) is 2. The standard InChI is InChI=1S/C17H20N2O4/c1-4-8-14(17(22)23-3)19-16(21)15(18-12(2)20)11-13-9-6-5-7-10-13/h1,5-7,9-10,14-15H,8,11H2,2-3H3,(H,18,20)(H,19,21)/t14-,15+/m0/s1. The van der Waals surface area contributed by atoms with Crippen molar-refractivity contribution in [1.82, 2.24) is 10.6 Å². The molecule has 0 fully saturated rings. The maximum absolute atomic E-state index is 12.4. The third-order valence-electron chi connectivity index (χ3n) is 3.10. The van der Waals surface area contributed by atoms with Crippen LogP contribution < -0.4 is 10.6 Å². The number of amides is 2. The summed E-state index contributed by atoms with van der Waals surface area (Å²) in [6.45, 7) is 1.32. The molecular weight excluding hydrogens is 296 g/mol. The molecule has 122 valence electrons. The molecule has 0 bridgehead atoms. The maximum Gasteiger partial charge on any atom is 0.329 e. The zero-order valence-electron chi connectivity index (χ0n) is 13.2. The van der Waals surface area contributed by atoms with Crippen LogP contribution in [0.1, 0.15) is 18.9 Å². The SMILES string of the molecule is C#CC[C@H](NC(=O)[C@@H](Cc1ccccc1)NC(C)=O)C(=O)OC. The predicted octanol–water partition coefficient (Wildman–Crippen LogP) is 0.415. The topological polar surface area (TPSA) is 84.5 Å². The van der Waals surface area contributed by atoms with E-state index in [4.69, 9.17) is 6.42 Å². The Balaban J connectivity index is 2.84. The quantitative estimate of drug-likeness (QED) is 0.564. The lowest BCUT2D eigenvalue weighted by Crippen LogP contribution is -2.52. The Morgan fingerprint density at radius 2 is 1.83 bits per heavy atom. The van der Waals surface area contributed by atoms with Gasteiger partial charge in [-0.3, -0.25) is 9.59 Å². The number of nitrogens with one attached hydrogen (secondary N) is 2. The maximum atomic E-state index is 12.4. The number of rotatable bonds is 7. The first-order chi connectivity index (χ1) is 11.0. The van der Waals surface area contributed by atoms with Crippen LogP contribution in [-0.4, -0.2) is 37.0 Å². The highest BCUT2D eigenvalue weighted by atomic mass is 16.5. The first-order valence-corrected chi connectivity index (χ1v) is 7.10. The zero-order chi connectivity index (χ0) is 17.2. The number of hydrogen-bond acceptors (Lipinski definition) is 4. The van der Waals surface area contributed by atoms with Gasteiger partial charge in [0.25, 0.3) is 0 Å². The van der Waals surface area contributed by atoms with Gasteiger partial charge in [0, 0.05) is 19.8 Å². The Morgan fingerprint density at radius 1 is 1.17 bits per heavy atom. The van der Waals surface area contributed by atoms with Crippen LogP contribution in [0.5, 0.6) is 0 Å². The van der Waals surface area contributed by atoms with E-state index in [0.29, 0.717) is 6.42 Å². The lowest BCUT2D eigenvalue weighted by Gasteiger charge is -2.21. The zero-order valence-corrected chi connectivity index (χ0v) is 13.2. The molecule has 23 heavy (non-hydrogen) atoms. The summed E-state index contributed by atoms with van der Waals surface area (Å²) < 4.78 is 4.61. The van der Waals surface area contributed by atoms with Crippen LogP contribution >= 0.6 is 0 Å². The second kappa shape index (κ2) is 9.26. The fourth-order valence-corrected chi connectivity index (χ4v) is 2.03. The van der Waals surface area contributed by atoms with E-state index in [9.17, 15) is 14.4 Å². The van der Waals surface area contributed by atoms with Crippen molar-refractivity contribution in [3.63, 3.8) is 0 Å². The van der Waals surface area contributed by atoms with Gasteiger partial charge in [0.1, 0.15) is 12.1 Å². The van der Waals surface area contributed by atoms with Crippen LogP contribution in [0.4, 0.5) is 0 Å². The van der Waals surface area contributed by atoms with Crippen molar-refractivity contribution in [2.75, 3.05) is 7.11 Å². The van der Waals surface area contributed by atoms with Gasteiger partial charge in [0.2, 0.25) is 11.8 Å². The second-order valence-electron chi connectivity index (χ2n) is 4.94. The van der Waals surface area contributed by atoms with Crippen molar-refractivity contribution in [2.24, 2.45) is 0 Å². The monoisotopic (exact) mass is 316 g/mol. The molecule has 2 N–H and O–H groups in total. The van der Waals surface area contributed by atoms with Crippen LogP contribution in [-0.2, 0) is 25.5 Å². The molecule has 2 amide bonds. The van der Waals surface area contributed by atoms with E-state index >= 15 is 0 Å². The Hall–Kier alpha value is -2.81. The van der Waals surface area contributed by atoms with Gasteiger partial charge in [-0.15, -0.1) is 12.3 Å². The minimum Gasteiger partial charge on any atom is -0.467 e. The molecule has 0 spiro atoms. The summed E-state index contributed by atoms with van der Waals surface area (Å²) in [7, 11) is 1.22. The van der Waals surface area contributed by atoms with E-state index < -0.39 is 24.0 Å². The molecule has 0 aliphatic rings. The minimum atomic E-state index is -0.940. The highest BCUT2D eigenvalue weighted by Gasteiger charge is 2.26. The van der Waals surface area contributed by atoms with Crippen molar-refractivity contribution in [3.05, 3.63) is 35.9 Å². The van der Waals surface area contributed by atoms with Crippen LogP contribution in [0, 0.1) is 12.3 Å². The first-order valence-electron chi connectivity index (χ1n) is 7.10. The largest absolute Gasteiger partial charge is 0.467 e. The van der Waals surface area contributed by atoms with Crippen LogP contribution in [0.25, 0.3) is 0 Å². The first kappa shape index (κ1) is 18.2. The highest BCUT2D eigenvalue weighted by molar-refractivity contribution is 5.90. The summed E-state index contributed by atoms with van der Waals surface area (Å²) in [5.41, 5.74) is 0.882. The van der Waals surface area contributed by atoms with Gasteiger partial charge >= 0.3 is 5.97 Å². The molecule has 0 aliphatic carbocycles. The van der Waals surface area contributed by atoms with Crippen molar-refractivity contribution in [3.8, 4) is 12.3 Å². The molecule has 0 saturated carbocycles. The number of esters is 1. The third kappa shape index (κ3) is 6.22. The smallest absolute Gasteiger partial charge is 0.329 e. The van der Waals surface area contributed by atoms with Gasteiger partial charge in [0.05, 0.1) is 7.11 Å². The van der Waals surface area contributed by atoms with Crippen molar-refractivity contribution < 1.29 is 19.1 Å². The average molecular weight is 316 g/mol. The summed E-state index contributed by atoms with van der Waals surface area (Å²) in [5, 5.41) is 5.10. The molecule has 0 heterocycles. The fourth-order valence-electron chi connectivity index (χ4n) is 2.03. The van der Waals surface area contributed by atoms with Crippen molar-refractivity contribution in [1.29, 1.82) is 0 Å². The minimum absolute atomic E-state index is 0.0105. The Morgan fingerprint density at radius 3 is 2.35 bits per heavy atom. The van der Waals surface area contributed by atoms with Gasteiger partial charge in [0.15, 0.2) is 0 Å². The van der Waals surface area contributed by atoms with Gasteiger partial charge in [-0.25, -0.2) is 4.79 Å². The van der Waals surface area contributed by atoms with Crippen molar-refractivity contribution >= 4 is 17.8 Å². The lowest BCUT2D eigenvalue weighted by atomic mass is 10.0. The summed E-state index contributed by atoms with van der Waals surface area (Å²) >= 11 is 0. The average Bonchev–Trinajstić information content (AvgIpc) is 2.53. The summed E-state index contributed by atoms with van der Waals surface area (Å²) in [6, 6.07) is 7.49. The molecule has 6 nitrogen and oxygen atoms in total. The summed E-state index contributed by atoms with van der Waals surface area (Å²) in [6.07, 6.45) is 5.51. The van der Waals surface area contributed by atoms with Gasteiger partial charge < -0.3 is 15.4 Å². The Labute approximate surface area is 135 Å². The number of terminal acetylenes is 1. The molecule has 0 aliphatic heterocycles. The van der Waals surface area contributed by atoms with Crippen LogP contribution in [0.2, 0.25) is 0 Å². The number of carbonyl (C=O) groups excluding carboxylic acids is 3. The van der Waals surface area contributed by atoms with E-state index in [2.05, 4.69) is 21.3 Å². The molecule has 0 unspecified atom stereocenters. The molecule has 1 aromatic carbocycles. The molecule has 0 saturated heterocycles. The molecule has 0 aromatic heterocycles. The Bertz CT molecular complexity index is 592. The van der Waals surface area contributed by atoms with Gasteiger partial charge in [-0.2, -0.15) is 0 Å². The molecule has 1 rings (SSSR count). The second-order valence-corrected chi connectivity index (χ2v) is 4.94.